The Morgan fingerprint density at radius 2 is 2.09 bits per heavy atom. The smallest absolute Gasteiger partial charge is 0.227 e. The van der Waals surface area contributed by atoms with Crippen molar-refractivity contribution in [2.75, 3.05) is 13.1 Å². The maximum absolute atomic E-state index is 12.3. The Morgan fingerprint density at radius 3 is 2.68 bits per heavy atom. The summed E-state index contributed by atoms with van der Waals surface area (Å²) in [6.07, 6.45) is 2.99. The zero-order chi connectivity index (χ0) is 15.9. The van der Waals surface area contributed by atoms with Crippen LogP contribution in [0.3, 0.4) is 0 Å². The molecule has 1 atom stereocenters. The highest BCUT2D eigenvalue weighted by molar-refractivity contribution is 5.81. The third-order valence-electron chi connectivity index (χ3n) is 5.10. The minimum atomic E-state index is 0.140. The summed E-state index contributed by atoms with van der Waals surface area (Å²) < 4.78 is 0. The summed E-state index contributed by atoms with van der Waals surface area (Å²) in [5.74, 6) is 0.276. The average Bonchev–Trinajstić information content (AvgIpc) is 2.98. The number of hydrogen-bond acceptors (Lipinski definition) is 2. The first kappa shape index (κ1) is 15.5. The summed E-state index contributed by atoms with van der Waals surface area (Å²) in [6, 6.07) is 5.12. The maximum Gasteiger partial charge on any atom is 0.227 e. The standard InChI is InChI=1S/C19H28N2O/c1-5-21-12-13-9-14(19(2,3)4)10-16(15(13)11-18(21)22)17-7-6-8-20-17/h9-10,17,20H,5-8,11-12H2,1-4H3/t17-/m0/s1. The van der Waals surface area contributed by atoms with Crippen molar-refractivity contribution >= 4 is 5.91 Å². The summed E-state index contributed by atoms with van der Waals surface area (Å²) in [5.41, 5.74) is 5.56. The van der Waals surface area contributed by atoms with Crippen molar-refractivity contribution in [2.45, 2.75) is 65.0 Å². The molecule has 0 aliphatic carbocycles. The molecule has 1 aromatic rings. The highest BCUT2D eigenvalue weighted by atomic mass is 16.2. The summed E-state index contributed by atoms with van der Waals surface area (Å²) in [4.78, 5) is 14.3. The molecule has 0 spiro atoms. The highest BCUT2D eigenvalue weighted by Crippen LogP contribution is 2.35. The molecule has 0 aromatic heterocycles. The van der Waals surface area contributed by atoms with E-state index < -0.39 is 0 Å². The van der Waals surface area contributed by atoms with Crippen molar-refractivity contribution in [3.63, 3.8) is 0 Å². The van der Waals surface area contributed by atoms with E-state index in [2.05, 4.69) is 45.1 Å². The van der Waals surface area contributed by atoms with Crippen LogP contribution in [0.25, 0.3) is 0 Å². The molecule has 22 heavy (non-hydrogen) atoms. The topological polar surface area (TPSA) is 32.3 Å². The molecule has 0 saturated carbocycles. The maximum atomic E-state index is 12.3. The Hall–Kier alpha value is -1.35. The largest absolute Gasteiger partial charge is 0.338 e. The Labute approximate surface area is 134 Å². The van der Waals surface area contributed by atoms with Gasteiger partial charge in [0.05, 0.1) is 6.42 Å². The molecule has 120 valence electrons. The quantitative estimate of drug-likeness (QED) is 0.909. The van der Waals surface area contributed by atoms with E-state index in [0.29, 0.717) is 12.5 Å². The minimum absolute atomic E-state index is 0.140. The number of nitrogens with one attached hydrogen (secondary N) is 1. The number of carbonyl (C=O) groups is 1. The lowest BCUT2D eigenvalue weighted by atomic mass is 9.80. The minimum Gasteiger partial charge on any atom is -0.338 e. The molecule has 1 amide bonds. The molecule has 2 heterocycles. The van der Waals surface area contributed by atoms with Gasteiger partial charge in [-0.1, -0.05) is 32.9 Å². The van der Waals surface area contributed by atoms with Crippen LogP contribution in [0.5, 0.6) is 0 Å². The fourth-order valence-corrected chi connectivity index (χ4v) is 3.65. The predicted molar refractivity (Wildman–Crippen MR) is 89.9 cm³/mol. The van der Waals surface area contributed by atoms with Crippen LogP contribution in [0.1, 0.15) is 68.8 Å². The molecule has 1 fully saturated rings. The number of fused-ring (bicyclic) bond motifs is 1. The second-order valence-corrected chi connectivity index (χ2v) is 7.69. The van der Waals surface area contributed by atoms with Crippen LogP contribution in [0.15, 0.2) is 12.1 Å². The Balaban J connectivity index is 2.10. The second-order valence-electron chi connectivity index (χ2n) is 7.69. The van der Waals surface area contributed by atoms with E-state index in [1.807, 2.05) is 4.90 Å². The van der Waals surface area contributed by atoms with E-state index in [1.165, 1.54) is 35.1 Å². The molecule has 0 unspecified atom stereocenters. The molecule has 1 aromatic carbocycles. The highest BCUT2D eigenvalue weighted by Gasteiger charge is 2.30. The third kappa shape index (κ3) is 2.79. The van der Waals surface area contributed by atoms with Gasteiger partial charge in [-0.25, -0.2) is 0 Å². The fraction of sp³-hybridized carbons (Fsp3) is 0.632. The van der Waals surface area contributed by atoms with Crippen molar-refractivity contribution < 1.29 is 4.79 Å². The van der Waals surface area contributed by atoms with Gasteiger partial charge < -0.3 is 10.2 Å². The van der Waals surface area contributed by atoms with Gasteiger partial charge in [-0.3, -0.25) is 4.79 Å². The molecular weight excluding hydrogens is 272 g/mol. The number of rotatable bonds is 2. The van der Waals surface area contributed by atoms with Gasteiger partial charge in [-0.2, -0.15) is 0 Å². The monoisotopic (exact) mass is 300 g/mol. The number of likely N-dealkylation sites (N-methyl/N-ethyl adjacent to an activating group) is 1. The van der Waals surface area contributed by atoms with Crippen LogP contribution in [0, 0.1) is 0 Å². The molecule has 1 saturated heterocycles. The molecule has 2 aliphatic rings. The zero-order valence-electron chi connectivity index (χ0n) is 14.3. The van der Waals surface area contributed by atoms with Crippen LogP contribution in [-0.2, 0) is 23.2 Å². The van der Waals surface area contributed by atoms with Crippen LogP contribution in [0.2, 0.25) is 0 Å². The van der Waals surface area contributed by atoms with E-state index in [9.17, 15) is 4.79 Å². The molecule has 3 nitrogen and oxygen atoms in total. The van der Waals surface area contributed by atoms with Crippen LogP contribution in [0.4, 0.5) is 0 Å². The van der Waals surface area contributed by atoms with Gasteiger partial charge in [0.15, 0.2) is 0 Å². The summed E-state index contributed by atoms with van der Waals surface area (Å²) in [5, 5.41) is 3.62. The van der Waals surface area contributed by atoms with Gasteiger partial charge in [0.25, 0.3) is 0 Å². The third-order valence-corrected chi connectivity index (χ3v) is 5.10. The van der Waals surface area contributed by atoms with Crippen molar-refractivity contribution in [1.82, 2.24) is 10.2 Å². The molecule has 0 radical (unpaired) electrons. The van der Waals surface area contributed by atoms with Crippen LogP contribution < -0.4 is 5.32 Å². The van der Waals surface area contributed by atoms with Gasteiger partial charge >= 0.3 is 0 Å². The fourth-order valence-electron chi connectivity index (χ4n) is 3.65. The van der Waals surface area contributed by atoms with Crippen LogP contribution in [-0.4, -0.2) is 23.9 Å². The Kier molecular flexibility index (Phi) is 4.02. The first-order valence-electron chi connectivity index (χ1n) is 8.57. The van der Waals surface area contributed by atoms with Crippen molar-refractivity contribution in [3.8, 4) is 0 Å². The summed E-state index contributed by atoms with van der Waals surface area (Å²) >= 11 is 0. The SMILES string of the molecule is CCN1Cc2cc(C(C)(C)C)cc([C@@H]3CCCN3)c2CC1=O. The zero-order valence-corrected chi connectivity index (χ0v) is 14.3. The molecule has 2 aliphatic heterocycles. The van der Waals surface area contributed by atoms with Crippen molar-refractivity contribution in [1.29, 1.82) is 0 Å². The van der Waals surface area contributed by atoms with Gasteiger partial charge in [0, 0.05) is 19.1 Å². The lowest BCUT2D eigenvalue weighted by Gasteiger charge is -2.33. The number of hydrogen-bond donors (Lipinski definition) is 1. The van der Waals surface area contributed by atoms with Gasteiger partial charge in [-0.15, -0.1) is 0 Å². The number of nitrogens with zero attached hydrogens (tertiary/aromatic N) is 1. The van der Waals surface area contributed by atoms with E-state index in [0.717, 1.165) is 19.6 Å². The predicted octanol–water partition coefficient (Wildman–Crippen LogP) is 3.31. The summed E-state index contributed by atoms with van der Waals surface area (Å²) in [6.45, 7) is 11.5. The molecule has 1 N–H and O–H groups in total. The number of benzene rings is 1. The van der Waals surface area contributed by atoms with Gasteiger partial charge in [0.2, 0.25) is 5.91 Å². The van der Waals surface area contributed by atoms with Crippen molar-refractivity contribution in [3.05, 3.63) is 34.4 Å². The van der Waals surface area contributed by atoms with E-state index in [4.69, 9.17) is 0 Å². The second kappa shape index (κ2) is 5.69. The lowest BCUT2D eigenvalue weighted by molar-refractivity contribution is -0.131. The van der Waals surface area contributed by atoms with Gasteiger partial charge in [0.1, 0.15) is 0 Å². The van der Waals surface area contributed by atoms with E-state index in [1.54, 1.807) is 0 Å². The van der Waals surface area contributed by atoms with Crippen LogP contribution >= 0.6 is 0 Å². The average molecular weight is 300 g/mol. The number of carbonyl (C=O) groups excluding carboxylic acids is 1. The molecular formula is C19H28N2O. The Bertz CT molecular complexity index is 580. The van der Waals surface area contributed by atoms with E-state index in [-0.39, 0.29) is 11.3 Å². The molecule has 3 rings (SSSR count). The molecule has 3 heteroatoms. The molecule has 0 bridgehead atoms. The van der Waals surface area contributed by atoms with Gasteiger partial charge in [-0.05, 0) is 54.0 Å². The van der Waals surface area contributed by atoms with Crippen molar-refractivity contribution in [2.24, 2.45) is 0 Å². The first-order chi connectivity index (χ1) is 10.4. The van der Waals surface area contributed by atoms with E-state index >= 15 is 0 Å². The summed E-state index contributed by atoms with van der Waals surface area (Å²) in [7, 11) is 0. The number of amides is 1. The normalized spacial score (nSPS) is 22.1. The lowest BCUT2D eigenvalue weighted by Crippen LogP contribution is -2.37. The first-order valence-corrected chi connectivity index (χ1v) is 8.57. The Morgan fingerprint density at radius 1 is 1.32 bits per heavy atom.